The lowest BCUT2D eigenvalue weighted by Crippen LogP contribution is -2.31. The number of halogens is 2. The summed E-state index contributed by atoms with van der Waals surface area (Å²) in [6.45, 7) is 0. The lowest BCUT2D eigenvalue weighted by atomic mass is 9.88. The average Bonchev–Trinajstić information content (AvgIpc) is 2.34. The fourth-order valence-corrected chi connectivity index (χ4v) is 1.45. The van der Waals surface area contributed by atoms with E-state index in [0.717, 1.165) is 0 Å². The molecule has 4 heteroatoms. The van der Waals surface area contributed by atoms with Crippen LogP contribution >= 0.6 is 0 Å². The molecule has 0 aromatic carbocycles. The Morgan fingerprint density at radius 2 is 1.36 bits per heavy atom. The van der Waals surface area contributed by atoms with E-state index in [1.165, 1.54) is 0 Å². The first-order valence-electron chi connectivity index (χ1n) is 3.49. The number of carbonyl (C=O) groups excluding carboxylic acids is 2. The molecule has 0 spiro atoms. The SMILES string of the molecule is O=C(F)C1(C(=O)F)CCCC1. The summed E-state index contributed by atoms with van der Waals surface area (Å²) in [6.07, 6.45) is 1.14. The van der Waals surface area contributed by atoms with Crippen molar-refractivity contribution in [3.63, 3.8) is 0 Å². The fourth-order valence-electron chi connectivity index (χ4n) is 1.45. The van der Waals surface area contributed by atoms with Gasteiger partial charge in [-0.1, -0.05) is 12.8 Å². The van der Waals surface area contributed by atoms with Crippen LogP contribution in [0.15, 0.2) is 0 Å². The van der Waals surface area contributed by atoms with E-state index in [-0.39, 0.29) is 12.8 Å². The van der Waals surface area contributed by atoms with Crippen molar-refractivity contribution in [2.45, 2.75) is 25.7 Å². The molecule has 0 heterocycles. The summed E-state index contributed by atoms with van der Waals surface area (Å²) in [5, 5.41) is 0. The average molecular weight is 162 g/mol. The molecule has 0 radical (unpaired) electrons. The van der Waals surface area contributed by atoms with Crippen molar-refractivity contribution in [2.24, 2.45) is 5.41 Å². The minimum absolute atomic E-state index is 0.0255. The first-order valence-corrected chi connectivity index (χ1v) is 3.49. The van der Waals surface area contributed by atoms with E-state index in [2.05, 4.69) is 0 Å². The number of hydrogen-bond donors (Lipinski definition) is 0. The van der Waals surface area contributed by atoms with Crippen molar-refractivity contribution in [1.82, 2.24) is 0 Å². The van der Waals surface area contributed by atoms with Crippen molar-refractivity contribution in [3.8, 4) is 0 Å². The largest absolute Gasteiger partial charge is 0.317 e. The van der Waals surface area contributed by atoms with Gasteiger partial charge in [0.1, 0.15) is 0 Å². The Bertz CT molecular complexity index is 179. The Morgan fingerprint density at radius 1 is 1.00 bits per heavy atom. The van der Waals surface area contributed by atoms with Gasteiger partial charge in [-0.15, -0.1) is 0 Å². The van der Waals surface area contributed by atoms with Crippen LogP contribution in [0.5, 0.6) is 0 Å². The molecule has 1 rings (SSSR count). The van der Waals surface area contributed by atoms with Gasteiger partial charge in [0.25, 0.3) is 0 Å². The molecule has 0 N–H and O–H groups in total. The molecule has 11 heavy (non-hydrogen) atoms. The van der Waals surface area contributed by atoms with Crippen molar-refractivity contribution in [2.75, 3.05) is 0 Å². The molecule has 1 fully saturated rings. The van der Waals surface area contributed by atoms with Gasteiger partial charge in [0.05, 0.1) is 0 Å². The maximum atomic E-state index is 12.2. The third kappa shape index (κ3) is 1.17. The van der Waals surface area contributed by atoms with Gasteiger partial charge in [0.15, 0.2) is 5.41 Å². The van der Waals surface area contributed by atoms with Crippen LogP contribution in [0.2, 0.25) is 0 Å². The second-order valence-electron chi connectivity index (χ2n) is 2.84. The van der Waals surface area contributed by atoms with E-state index in [0.29, 0.717) is 12.8 Å². The van der Waals surface area contributed by atoms with Gasteiger partial charge in [-0.2, -0.15) is 8.78 Å². The highest BCUT2D eigenvalue weighted by molar-refractivity contribution is 5.99. The van der Waals surface area contributed by atoms with Crippen LogP contribution < -0.4 is 0 Å². The van der Waals surface area contributed by atoms with E-state index in [4.69, 9.17) is 0 Å². The molecule has 0 aromatic rings. The number of hydrogen-bond acceptors (Lipinski definition) is 2. The van der Waals surface area contributed by atoms with Gasteiger partial charge in [0.2, 0.25) is 0 Å². The Morgan fingerprint density at radius 3 is 1.55 bits per heavy atom. The highest BCUT2D eigenvalue weighted by atomic mass is 19.1. The first kappa shape index (κ1) is 8.30. The minimum Gasteiger partial charge on any atom is -0.260 e. The molecular weight excluding hydrogens is 154 g/mol. The highest BCUT2D eigenvalue weighted by Gasteiger charge is 2.48. The molecule has 0 aliphatic heterocycles. The van der Waals surface area contributed by atoms with Crippen LogP contribution in [-0.2, 0) is 9.59 Å². The zero-order chi connectivity index (χ0) is 8.48. The molecule has 1 saturated carbocycles. The lowest BCUT2D eigenvalue weighted by Gasteiger charge is -2.14. The summed E-state index contributed by atoms with van der Waals surface area (Å²) in [5.41, 5.74) is -1.92. The van der Waals surface area contributed by atoms with E-state index >= 15 is 0 Å². The van der Waals surface area contributed by atoms with E-state index in [1.54, 1.807) is 0 Å². The smallest absolute Gasteiger partial charge is 0.260 e. The molecule has 0 amide bonds. The van der Waals surface area contributed by atoms with Crippen LogP contribution in [0.25, 0.3) is 0 Å². The topological polar surface area (TPSA) is 34.1 Å². The molecule has 0 aromatic heterocycles. The molecule has 0 saturated heterocycles. The summed E-state index contributed by atoms with van der Waals surface area (Å²) in [6, 6.07) is -3.63. The molecule has 1 aliphatic carbocycles. The molecule has 62 valence electrons. The fraction of sp³-hybridized carbons (Fsp3) is 0.714. The lowest BCUT2D eigenvalue weighted by molar-refractivity contribution is -0.154. The molecule has 2 nitrogen and oxygen atoms in total. The van der Waals surface area contributed by atoms with Crippen LogP contribution in [-0.4, -0.2) is 12.1 Å². The van der Waals surface area contributed by atoms with Gasteiger partial charge < -0.3 is 0 Å². The molecule has 1 aliphatic rings. The Labute approximate surface area is 62.6 Å². The van der Waals surface area contributed by atoms with Crippen LogP contribution in [0.1, 0.15) is 25.7 Å². The molecule has 0 unspecified atom stereocenters. The summed E-state index contributed by atoms with van der Waals surface area (Å²) >= 11 is 0. The Hall–Kier alpha value is -0.800. The third-order valence-electron chi connectivity index (χ3n) is 2.21. The summed E-state index contributed by atoms with van der Waals surface area (Å²) in [5.74, 6) is 0. The van der Waals surface area contributed by atoms with Gasteiger partial charge in [-0.05, 0) is 12.8 Å². The minimum atomic E-state index is -1.92. The van der Waals surface area contributed by atoms with E-state index in [1.807, 2.05) is 0 Å². The maximum Gasteiger partial charge on any atom is 0.317 e. The Kier molecular flexibility index (Phi) is 2.02. The summed E-state index contributed by atoms with van der Waals surface area (Å²) < 4.78 is 24.4. The van der Waals surface area contributed by atoms with Crippen LogP contribution in [0, 0.1) is 5.41 Å². The third-order valence-corrected chi connectivity index (χ3v) is 2.21. The zero-order valence-electron chi connectivity index (χ0n) is 5.90. The zero-order valence-corrected chi connectivity index (χ0v) is 5.90. The van der Waals surface area contributed by atoms with E-state index in [9.17, 15) is 18.4 Å². The predicted molar refractivity (Wildman–Crippen MR) is 33.1 cm³/mol. The second kappa shape index (κ2) is 2.68. The quantitative estimate of drug-likeness (QED) is 0.456. The molecule has 0 bridgehead atoms. The maximum absolute atomic E-state index is 12.2. The van der Waals surface area contributed by atoms with Gasteiger partial charge >= 0.3 is 12.1 Å². The van der Waals surface area contributed by atoms with Crippen molar-refractivity contribution < 1.29 is 18.4 Å². The Balaban J connectivity index is 2.87. The first-order chi connectivity index (χ1) is 5.09. The van der Waals surface area contributed by atoms with Gasteiger partial charge in [-0.3, -0.25) is 9.59 Å². The highest BCUT2D eigenvalue weighted by Crippen LogP contribution is 2.40. The normalized spacial score (nSPS) is 21.6. The van der Waals surface area contributed by atoms with Crippen molar-refractivity contribution in [3.05, 3.63) is 0 Å². The van der Waals surface area contributed by atoms with Crippen molar-refractivity contribution >= 4 is 12.1 Å². The van der Waals surface area contributed by atoms with Gasteiger partial charge in [-0.25, -0.2) is 0 Å². The van der Waals surface area contributed by atoms with Crippen molar-refractivity contribution in [1.29, 1.82) is 0 Å². The van der Waals surface area contributed by atoms with Crippen LogP contribution in [0.3, 0.4) is 0 Å². The molecular formula is C7H8F2O2. The number of carbonyl (C=O) groups is 2. The van der Waals surface area contributed by atoms with E-state index < -0.39 is 17.5 Å². The van der Waals surface area contributed by atoms with Crippen LogP contribution in [0.4, 0.5) is 8.78 Å². The molecule has 0 atom stereocenters. The monoisotopic (exact) mass is 162 g/mol. The standard InChI is InChI=1S/C7H8F2O2/c8-5(10)7(6(9)11)3-1-2-4-7/h1-4H2. The number of rotatable bonds is 2. The summed E-state index contributed by atoms with van der Waals surface area (Å²) in [7, 11) is 0. The van der Waals surface area contributed by atoms with Gasteiger partial charge in [0, 0.05) is 0 Å². The predicted octanol–water partition coefficient (Wildman–Crippen LogP) is 1.54. The second-order valence-corrected chi connectivity index (χ2v) is 2.84. The summed E-state index contributed by atoms with van der Waals surface area (Å²) in [4.78, 5) is 20.6.